The van der Waals surface area contributed by atoms with Gasteiger partial charge in [-0.25, -0.2) is 4.79 Å². The molecular formula is C44H46N3O10S2+. The van der Waals surface area contributed by atoms with Crippen molar-refractivity contribution in [3.63, 3.8) is 0 Å². The van der Waals surface area contributed by atoms with E-state index in [1.54, 1.807) is 18.2 Å². The molecule has 0 atom stereocenters. The Morgan fingerprint density at radius 2 is 1.51 bits per heavy atom. The number of allylic oxidation sites excluding steroid dienone is 6. The molecule has 7 rings (SSSR count). The lowest BCUT2D eigenvalue weighted by molar-refractivity contribution is -0.401. The largest absolute Gasteiger partial charge is 0.344 e. The van der Waals surface area contributed by atoms with Crippen LogP contribution >= 0.6 is 0 Å². The molecule has 4 aromatic carbocycles. The zero-order valence-corrected chi connectivity index (χ0v) is 35.1. The Hall–Kier alpha value is -5.48. The number of carbonyl (C=O) groups is 3. The molecule has 2 amide bonds. The summed E-state index contributed by atoms with van der Waals surface area (Å²) in [6.45, 7) is 8.85. The van der Waals surface area contributed by atoms with Gasteiger partial charge in [0.05, 0.1) is 10.3 Å². The van der Waals surface area contributed by atoms with Gasteiger partial charge >= 0.3 is 5.97 Å². The molecule has 308 valence electrons. The fourth-order valence-corrected chi connectivity index (χ4v) is 10.0. The first-order valence-electron chi connectivity index (χ1n) is 19.3. The predicted octanol–water partition coefficient (Wildman–Crippen LogP) is 7.45. The average Bonchev–Trinajstić information content (AvgIpc) is 3.67. The van der Waals surface area contributed by atoms with Gasteiger partial charge in [-0.2, -0.15) is 21.4 Å². The summed E-state index contributed by atoms with van der Waals surface area (Å²) < 4.78 is 70.6. The van der Waals surface area contributed by atoms with Crippen molar-refractivity contribution in [2.24, 2.45) is 0 Å². The van der Waals surface area contributed by atoms with E-state index in [9.17, 15) is 40.3 Å². The van der Waals surface area contributed by atoms with Gasteiger partial charge in [-0.1, -0.05) is 62.8 Å². The molecule has 13 nitrogen and oxygen atoms in total. The second-order valence-electron chi connectivity index (χ2n) is 16.1. The topological polar surface area (TPSA) is 179 Å². The van der Waals surface area contributed by atoms with Crippen LogP contribution in [0.15, 0.2) is 107 Å². The number of hydroxylamine groups is 2. The van der Waals surface area contributed by atoms with E-state index in [0.717, 1.165) is 44.7 Å². The maximum absolute atomic E-state index is 12.4. The summed E-state index contributed by atoms with van der Waals surface area (Å²) in [6.07, 6.45) is 11.7. The molecule has 0 bridgehead atoms. The van der Waals surface area contributed by atoms with E-state index in [2.05, 4.69) is 37.2 Å². The van der Waals surface area contributed by atoms with Gasteiger partial charge < -0.3 is 9.74 Å². The van der Waals surface area contributed by atoms with Crippen LogP contribution in [-0.4, -0.2) is 72.7 Å². The second-order valence-corrected chi connectivity index (χ2v) is 18.9. The van der Waals surface area contributed by atoms with Crippen LogP contribution in [0.1, 0.15) is 77.3 Å². The second kappa shape index (κ2) is 15.3. The van der Waals surface area contributed by atoms with Crippen molar-refractivity contribution in [1.29, 1.82) is 0 Å². The fraction of sp³-hybridized carbons (Fsp3) is 0.318. The summed E-state index contributed by atoms with van der Waals surface area (Å²) in [5.74, 6) is -1.69. The number of fused-ring (bicyclic) bond motifs is 6. The fourth-order valence-electron chi connectivity index (χ4n) is 8.82. The predicted molar refractivity (Wildman–Crippen MR) is 224 cm³/mol. The lowest BCUT2D eigenvalue weighted by Gasteiger charge is -2.27. The van der Waals surface area contributed by atoms with Gasteiger partial charge in [0.2, 0.25) is 5.69 Å². The Morgan fingerprint density at radius 1 is 0.797 bits per heavy atom. The molecule has 0 unspecified atom stereocenters. The number of carbonyl (C=O) groups excluding carboxylic acids is 3. The standard InChI is InChI=1S/C44H45N3O10S2/c1-43(2)36(45(5)33-22-19-28-18-20-29(58(51,52)53)27-32(28)42(33)43)15-8-6-9-16-37-44(3,4)41-31-13-12-14-35(59(54,55)56)30(31)21-23-34(41)46(37)26-11-7-10-17-40(50)57-47-38(48)24-25-39(47)49/h6,8-9,12-16,18-23,27H,7,10-11,17,24-26H2,1-5H3,(H-,51,52,53,54,55,56)/p+1. The van der Waals surface area contributed by atoms with Crippen LogP contribution in [0, 0.1) is 0 Å². The number of nitrogens with zero attached hydrogens (tertiary/aromatic N) is 3. The van der Waals surface area contributed by atoms with E-state index in [4.69, 9.17) is 4.84 Å². The first-order valence-corrected chi connectivity index (χ1v) is 22.2. The molecular weight excluding hydrogens is 795 g/mol. The lowest BCUT2D eigenvalue weighted by Crippen LogP contribution is -2.32. The molecule has 59 heavy (non-hydrogen) atoms. The quantitative estimate of drug-likeness (QED) is 0.0476. The average molecular weight is 841 g/mol. The van der Waals surface area contributed by atoms with Gasteiger partial charge in [0.1, 0.15) is 11.9 Å². The summed E-state index contributed by atoms with van der Waals surface area (Å²) in [4.78, 5) is 43.0. The highest BCUT2D eigenvalue weighted by molar-refractivity contribution is 7.86. The van der Waals surface area contributed by atoms with E-state index < -0.39 is 48.8 Å². The highest BCUT2D eigenvalue weighted by atomic mass is 32.2. The normalized spacial score (nSPS) is 18.4. The molecule has 3 aliphatic heterocycles. The van der Waals surface area contributed by atoms with Crippen LogP contribution in [0.25, 0.3) is 21.5 Å². The summed E-state index contributed by atoms with van der Waals surface area (Å²) in [6, 6.07) is 17.0. The van der Waals surface area contributed by atoms with Crippen molar-refractivity contribution in [2.45, 2.75) is 86.8 Å². The monoisotopic (exact) mass is 840 g/mol. The van der Waals surface area contributed by atoms with Gasteiger partial charge in [0.15, 0.2) is 5.71 Å². The van der Waals surface area contributed by atoms with Crippen LogP contribution in [0.5, 0.6) is 0 Å². The van der Waals surface area contributed by atoms with Gasteiger partial charge in [0, 0.05) is 65.7 Å². The molecule has 0 radical (unpaired) electrons. The first kappa shape index (κ1) is 41.7. The highest BCUT2D eigenvalue weighted by Crippen LogP contribution is 2.51. The highest BCUT2D eigenvalue weighted by Gasteiger charge is 2.45. The van der Waals surface area contributed by atoms with Crippen molar-refractivity contribution in [3.05, 3.63) is 108 Å². The minimum Gasteiger partial charge on any atom is -0.344 e. The maximum Gasteiger partial charge on any atom is 0.333 e. The summed E-state index contributed by atoms with van der Waals surface area (Å²) in [5, 5.41) is 3.27. The minimum absolute atomic E-state index is 0.0274. The number of amides is 2. The third-order valence-electron chi connectivity index (χ3n) is 11.6. The minimum atomic E-state index is -4.49. The van der Waals surface area contributed by atoms with Crippen LogP contribution in [0.2, 0.25) is 0 Å². The van der Waals surface area contributed by atoms with Gasteiger partial charge in [-0.15, -0.1) is 5.06 Å². The molecule has 0 aromatic heterocycles. The number of imide groups is 1. The molecule has 0 saturated carbocycles. The van der Waals surface area contributed by atoms with Crippen molar-refractivity contribution in [2.75, 3.05) is 18.5 Å². The summed E-state index contributed by atoms with van der Waals surface area (Å²) >= 11 is 0. The Morgan fingerprint density at radius 3 is 2.20 bits per heavy atom. The van der Waals surface area contributed by atoms with E-state index in [1.807, 2.05) is 61.7 Å². The molecule has 2 N–H and O–H groups in total. The molecule has 3 aliphatic rings. The number of unbranched alkanes of at least 4 members (excludes halogenated alkanes) is 2. The SMILES string of the molecule is C[N+]1=C(/C=C/C=C/C=C2/N(CCCCCC(=O)ON3C(=O)CCC3=O)c3ccc4c(S(=O)(=O)O)cccc4c3C2(C)C)C(C)(C)c2c1ccc1ccc(S(=O)(=O)O)cc21. The van der Waals surface area contributed by atoms with Gasteiger partial charge in [-0.3, -0.25) is 18.7 Å². The zero-order valence-electron chi connectivity index (χ0n) is 33.4. The van der Waals surface area contributed by atoms with Crippen molar-refractivity contribution in [3.8, 4) is 0 Å². The van der Waals surface area contributed by atoms with Crippen molar-refractivity contribution >= 4 is 76.7 Å². The first-order chi connectivity index (χ1) is 27.7. The van der Waals surface area contributed by atoms with Crippen LogP contribution in [-0.2, 0) is 50.3 Å². The van der Waals surface area contributed by atoms with Crippen LogP contribution in [0.3, 0.4) is 0 Å². The van der Waals surface area contributed by atoms with Crippen molar-refractivity contribution < 1.29 is 49.7 Å². The lowest BCUT2D eigenvalue weighted by atomic mass is 9.79. The van der Waals surface area contributed by atoms with E-state index in [1.165, 1.54) is 18.2 Å². The molecule has 1 fully saturated rings. The Labute approximate surface area is 343 Å². The Kier molecular flexibility index (Phi) is 10.8. The Bertz CT molecular complexity index is 2800. The van der Waals surface area contributed by atoms with Crippen LogP contribution in [0.4, 0.5) is 11.4 Å². The van der Waals surface area contributed by atoms with Gasteiger partial charge in [0.25, 0.3) is 32.1 Å². The van der Waals surface area contributed by atoms with Crippen LogP contribution < -0.4 is 4.90 Å². The van der Waals surface area contributed by atoms with E-state index in [0.29, 0.717) is 41.6 Å². The van der Waals surface area contributed by atoms with E-state index in [-0.39, 0.29) is 29.1 Å². The number of rotatable bonds is 12. The summed E-state index contributed by atoms with van der Waals surface area (Å²) in [7, 11) is -6.93. The smallest absolute Gasteiger partial charge is 0.333 e. The third-order valence-corrected chi connectivity index (χ3v) is 13.3. The number of hydrogen-bond donors (Lipinski definition) is 2. The number of anilines is 1. The number of hydrogen-bond acceptors (Lipinski definition) is 9. The Balaban J connectivity index is 1.15. The molecule has 0 aliphatic carbocycles. The molecule has 4 aromatic rings. The zero-order chi connectivity index (χ0) is 42.7. The van der Waals surface area contributed by atoms with E-state index >= 15 is 0 Å². The molecule has 3 heterocycles. The summed E-state index contributed by atoms with van der Waals surface area (Å²) in [5.41, 5.74) is 4.49. The third kappa shape index (κ3) is 7.63. The molecule has 1 saturated heterocycles. The maximum atomic E-state index is 12.4. The molecule has 0 spiro atoms. The van der Waals surface area contributed by atoms with Crippen molar-refractivity contribution in [1.82, 2.24) is 5.06 Å². The molecule has 15 heteroatoms. The number of benzene rings is 4. The van der Waals surface area contributed by atoms with Gasteiger partial charge in [-0.05, 0) is 84.8 Å².